The molecule has 4 unspecified atom stereocenters. The van der Waals surface area contributed by atoms with Gasteiger partial charge in [0.15, 0.2) is 6.29 Å². The van der Waals surface area contributed by atoms with Gasteiger partial charge in [0, 0.05) is 13.0 Å². The van der Waals surface area contributed by atoms with Gasteiger partial charge in [-0.3, -0.25) is 4.84 Å². The van der Waals surface area contributed by atoms with E-state index in [1.165, 1.54) is 12.1 Å². The zero-order valence-electron chi connectivity index (χ0n) is 11.1. The summed E-state index contributed by atoms with van der Waals surface area (Å²) >= 11 is 0. The topological polar surface area (TPSA) is 30.9 Å². The predicted molar refractivity (Wildman–Crippen MR) is 66.6 cm³/mol. The molecule has 5 heteroatoms. The molecule has 0 spiro atoms. The maximum atomic E-state index is 13.0. The first-order valence-electron chi connectivity index (χ1n) is 6.53. The molecule has 4 nitrogen and oxygen atoms in total. The van der Waals surface area contributed by atoms with Crippen LogP contribution in [-0.2, 0) is 14.3 Å². The normalized spacial score (nSPS) is 35.9. The molecule has 2 aliphatic heterocycles. The number of rotatable bonds is 1. The minimum Gasteiger partial charge on any atom is -0.353 e. The fourth-order valence-electron chi connectivity index (χ4n) is 2.82. The monoisotopic (exact) mass is 267 g/mol. The van der Waals surface area contributed by atoms with Crippen LogP contribution in [0, 0.1) is 11.7 Å². The van der Waals surface area contributed by atoms with Crippen LogP contribution in [0.1, 0.15) is 18.5 Å². The van der Waals surface area contributed by atoms with Crippen molar-refractivity contribution in [3.8, 4) is 0 Å². The third-order valence-electron chi connectivity index (χ3n) is 3.81. The van der Waals surface area contributed by atoms with E-state index in [-0.39, 0.29) is 30.2 Å². The van der Waals surface area contributed by atoms with E-state index < -0.39 is 0 Å². The van der Waals surface area contributed by atoms with Crippen LogP contribution in [0.4, 0.5) is 4.39 Å². The Balaban J connectivity index is 1.85. The molecular formula is C14H18FNO3. The van der Waals surface area contributed by atoms with Crippen molar-refractivity contribution in [2.45, 2.75) is 25.4 Å². The Bertz CT molecular complexity index is 439. The first kappa shape index (κ1) is 13.0. The number of halogens is 1. The molecule has 104 valence electrons. The molecule has 2 saturated heterocycles. The quantitative estimate of drug-likeness (QED) is 0.780. The van der Waals surface area contributed by atoms with Crippen molar-refractivity contribution in [2.24, 2.45) is 5.92 Å². The number of hydrogen-bond donors (Lipinski definition) is 0. The Morgan fingerprint density at radius 3 is 2.58 bits per heavy atom. The minimum absolute atomic E-state index is 0.00926. The summed E-state index contributed by atoms with van der Waals surface area (Å²) in [4.78, 5) is 5.83. The minimum atomic E-state index is -0.226. The first-order valence-corrected chi connectivity index (χ1v) is 6.53. The van der Waals surface area contributed by atoms with Crippen molar-refractivity contribution in [3.05, 3.63) is 35.6 Å². The second kappa shape index (κ2) is 5.17. The second-order valence-electron chi connectivity index (χ2n) is 5.08. The van der Waals surface area contributed by atoms with E-state index in [0.717, 1.165) is 5.56 Å². The zero-order valence-corrected chi connectivity index (χ0v) is 11.1. The van der Waals surface area contributed by atoms with Crippen LogP contribution in [0.25, 0.3) is 0 Å². The van der Waals surface area contributed by atoms with Crippen molar-refractivity contribution in [3.63, 3.8) is 0 Å². The lowest BCUT2D eigenvalue weighted by Crippen LogP contribution is -2.25. The molecule has 4 atom stereocenters. The Labute approximate surface area is 112 Å². The zero-order chi connectivity index (χ0) is 13.4. The van der Waals surface area contributed by atoms with E-state index in [4.69, 9.17) is 14.3 Å². The standard InChI is InChI=1S/C14H18FNO3/c1-9-17-7-12-13(8-18-9)19-16(2)14(12)10-3-5-11(15)6-4-10/h3-6,9,12-14H,7-8H2,1-2H3. The van der Waals surface area contributed by atoms with Gasteiger partial charge in [0.1, 0.15) is 11.9 Å². The van der Waals surface area contributed by atoms with Crippen LogP contribution in [-0.4, -0.2) is 37.7 Å². The smallest absolute Gasteiger partial charge is 0.154 e. The van der Waals surface area contributed by atoms with Gasteiger partial charge in [-0.05, 0) is 24.6 Å². The highest BCUT2D eigenvalue weighted by molar-refractivity contribution is 5.21. The van der Waals surface area contributed by atoms with E-state index in [0.29, 0.717) is 13.2 Å². The largest absolute Gasteiger partial charge is 0.353 e. The average Bonchev–Trinajstić information content (AvgIpc) is 2.60. The van der Waals surface area contributed by atoms with E-state index in [1.807, 2.05) is 19.0 Å². The lowest BCUT2D eigenvalue weighted by atomic mass is 9.90. The number of ether oxygens (including phenoxy) is 2. The van der Waals surface area contributed by atoms with Crippen LogP contribution in [0.5, 0.6) is 0 Å². The molecule has 0 N–H and O–H groups in total. The van der Waals surface area contributed by atoms with Gasteiger partial charge in [-0.15, -0.1) is 0 Å². The van der Waals surface area contributed by atoms with Crippen LogP contribution >= 0.6 is 0 Å². The molecule has 19 heavy (non-hydrogen) atoms. The highest BCUT2D eigenvalue weighted by Gasteiger charge is 2.44. The molecule has 0 saturated carbocycles. The summed E-state index contributed by atoms with van der Waals surface area (Å²) in [6, 6.07) is 6.63. The van der Waals surface area contributed by atoms with Gasteiger partial charge in [0.25, 0.3) is 0 Å². The molecule has 1 aromatic carbocycles. The van der Waals surface area contributed by atoms with Crippen molar-refractivity contribution in [1.29, 1.82) is 0 Å². The Hall–Kier alpha value is -1.01. The van der Waals surface area contributed by atoms with Crippen molar-refractivity contribution in [2.75, 3.05) is 20.3 Å². The number of nitrogens with zero attached hydrogens (tertiary/aromatic N) is 1. The predicted octanol–water partition coefficient (Wildman–Crippen LogP) is 2.12. The van der Waals surface area contributed by atoms with Crippen LogP contribution in [0.15, 0.2) is 24.3 Å². The Morgan fingerprint density at radius 1 is 1.16 bits per heavy atom. The molecule has 2 fully saturated rings. The fourth-order valence-corrected chi connectivity index (χ4v) is 2.82. The van der Waals surface area contributed by atoms with E-state index in [9.17, 15) is 4.39 Å². The number of hydrogen-bond acceptors (Lipinski definition) is 4. The Kier molecular flexibility index (Phi) is 3.54. The van der Waals surface area contributed by atoms with Gasteiger partial charge in [-0.1, -0.05) is 12.1 Å². The Morgan fingerprint density at radius 2 is 1.84 bits per heavy atom. The van der Waals surface area contributed by atoms with Crippen molar-refractivity contribution < 1.29 is 18.7 Å². The van der Waals surface area contributed by atoms with Crippen molar-refractivity contribution in [1.82, 2.24) is 5.06 Å². The van der Waals surface area contributed by atoms with Gasteiger partial charge in [0.2, 0.25) is 0 Å². The van der Waals surface area contributed by atoms with Gasteiger partial charge < -0.3 is 9.47 Å². The maximum Gasteiger partial charge on any atom is 0.154 e. The number of hydroxylamine groups is 2. The molecular weight excluding hydrogens is 249 g/mol. The summed E-state index contributed by atoms with van der Waals surface area (Å²) in [6.07, 6.45) is -0.210. The SMILES string of the molecule is CC1OCC2ON(C)C(c3ccc(F)cc3)C2CO1. The van der Waals surface area contributed by atoms with Crippen LogP contribution in [0.3, 0.4) is 0 Å². The molecule has 0 aromatic heterocycles. The van der Waals surface area contributed by atoms with Crippen LogP contribution < -0.4 is 0 Å². The highest BCUT2D eigenvalue weighted by Crippen LogP contribution is 2.39. The highest BCUT2D eigenvalue weighted by atomic mass is 19.1. The lowest BCUT2D eigenvalue weighted by molar-refractivity contribution is -0.180. The fraction of sp³-hybridized carbons (Fsp3) is 0.571. The van der Waals surface area contributed by atoms with E-state index >= 15 is 0 Å². The lowest BCUT2D eigenvalue weighted by Gasteiger charge is -2.23. The van der Waals surface area contributed by atoms with Gasteiger partial charge in [-0.2, -0.15) is 5.06 Å². The summed E-state index contributed by atoms with van der Waals surface area (Å²) in [5, 5.41) is 1.82. The van der Waals surface area contributed by atoms with E-state index in [1.54, 1.807) is 12.1 Å². The van der Waals surface area contributed by atoms with Gasteiger partial charge >= 0.3 is 0 Å². The summed E-state index contributed by atoms with van der Waals surface area (Å²) in [7, 11) is 1.89. The summed E-state index contributed by atoms with van der Waals surface area (Å²) in [6.45, 7) is 2.99. The summed E-state index contributed by atoms with van der Waals surface area (Å²) < 4.78 is 24.2. The number of fused-ring (bicyclic) bond motifs is 1. The van der Waals surface area contributed by atoms with Crippen molar-refractivity contribution >= 4 is 0 Å². The van der Waals surface area contributed by atoms with Crippen LogP contribution in [0.2, 0.25) is 0 Å². The molecule has 0 aliphatic carbocycles. The molecule has 0 amide bonds. The van der Waals surface area contributed by atoms with Gasteiger partial charge in [-0.25, -0.2) is 4.39 Å². The summed E-state index contributed by atoms with van der Waals surface area (Å²) in [5.74, 6) is -0.0312. The molecule has 0 bridgehead atoms. The molecule has 0 radical (unpaired) electrons. The maximum absolute atomic E-state index is 13.0. The first-order chi connectivity index (χ1) is 9.15. The van der Waals surface area contributed by atoms with E-state index in [2.05, 4.69) is 0 Å². The number of benzene rings is 1. The summed E-state index contributed by atoms with van der Waals surface area (Å²) in [5.41, 5.74) is 1.04. The molecule has 1 aromatic rings. The molecule has 2 heterocycles. The molecule has 3 rings (SSSR count). The second-order valence-corrected chi connectivity index (χ2v) is 5.08. The van der Waals surface area contributed by atoms with Gasteiger partial charge in [0.05, 0.1) is 19.3 Å². The third-order valence-corrected chi connectivity index (χ3v) is 3.81. The molecule has 2 aliphatic rings. The third kappa shape index (κ3) is 2.51. The average molecular weight is 267 g/mol.